The van der Waals surface area contributed by atoms with Gasteiger partial charge in [0.2, 0.25) is 0 Å². The van der Waals surface area contributed by atoms with E-state index in [1.54, 1.807) is 29.2 Å². The van der Waals surface area contributed by atoms with Crippen LogP contribution in [0.4, 0.5) is 0 Å². The molecule has 19 heavy (non-hydrogen) atoms. The smallest absolute Gasteiger partial charge is 0.337 e. The molecule has 5 heteroatoms. The van der Waals surface area contributed by atoms with Crippen LogP contribution in [0.15, 0.2) is 24.3 Å². The van der Waals surface area contributed by atoms with Crippen molar-refractivity contribution in [2.75, 3.05) is 26.9 Å². The summed E-state index contributed by atoms with van der Waals surface area (Å²) in [6, 6.07) is 6.57. The molecule has 0 saturated carbocycles. The molecule has 0 aromatic heterocycles. The van der Waals surface area contributed by atoms with Gasteiger partial charge in [-0.1, -0.05) is 0 Å². The zero-order chi connectivity index (χ0) is 13.8. The fourth-order valence-corrected chi connectivity index (χ4v) is 2.06. The molecule has 1 aliphatic heterocycles. The Bertz CT molecular complexity index is 469. The highest BCUT2D eigenvalue weighted by atomic mass is 16.5. The summed E-state index contributed by atoms with van der Waals surface area (Å²) < 4.78 is 9.93. The Hall–Kier alpha value is -1.88. The second-order valence-corrected chi connectivity index (χ2v) is 4.49. The van der Waals surface area contributed by atoms with Gasteiger partial charge in [-0.25, -0.2) is 4.79 Å². The summed E-state index contributed by atoms with van der Waals surface area (Å²) in [6.45, 7) is 3.68. The molecule has 2 rings (SSSR count). The number of methoxy groups -OCH3 is 1. The van der Waals surface area contributed by atoms with Crippen LogP contribution in [0, 0.1) is 0 Å². The molecule has 1 aliphatic rings. The quantitative estimate of drug-likeness (QED) is 0.755. The predicted octanol–water partition coefficient (Wildman–Crippen LogP) is 1.33. The number of hydrogen-bond acceptors (Lipinski definition) is 4. The Morgan fingerprint density at radius 1 is 1.26 bits per heavy atom. The van der Waals surface area contributed by atoms with Crippen molar-refractivity contribution in [3.63, 3.8) is 0 Å². The first-order valence-electron chi connectivity index (χ1n) is 6.20. The van der Waals surface area contributed by atoms with Gasteiger partial charge in [-0.3, -0.25) is 4.79 Å². The Balaban J connectivity index is 2.13. The topological polar surface area (TPSA) is 55.8 Å². The summed E-state index contributed by atoms with van der Waals surface area (Å²) in [6.07, 6.45) is 0. The highest BCUT2D eigenvalue weighted by Gasteiger charge is 2.24. The molecule has 0 N–H and O–H groups in total. The Morgan fingerprint density at radius 2 is 1.89 bits per heavy atom. The van der Waals surface area contributed by atoms with Crippen molar-refractivity contribution in [1.29, 1.82) is 0 Å². The number of morpholine rings is 1. The molecule has 5 nitrogen and oxygen atoms in total. The number of rotatable bonds is 2. The van der Waals surface area contributed by atoms with E-state index in [0.717, 1.165) is 0 Å². The Labute approximate surface area is 112 Å². The highest BCUT2D eigenvalue weighted by Crippen LogP contribution is 2.13. The molecule has 1 aromatic carbocycles. The van der Waals surface area contributed by atoms with Crippen LogP contribution < -0.4 is 0 Å². The number of ether oxygens (including phenoxy) is 2. The molecule has 0 bridgehead atoms. The van der Waals surface area contributed by atoms with Crippen molar-refractivity contribution < 1.29 is 19.1 Å². The van der Waals surface area contributed by atoms with E-state index in [2.05, 4.69) is 4.74 Å². The van der Waals surface area contributed by atoms with Gasteiger partial charge in [-0.2, -0.15) is 0 Å². The molecule has 1 fully saturated rings. The van der Waals surface area contributed by atoms with Crippen molar-refractivity contribution in [3.05, 3.63) is 35.4 Å². The molecule has 1 atom stereocenters. The zero-order valence-electron chi connectivity index (χ0n) is 11.1. The van der Waals surface area contributed by atoms with Crippen LogP contribution in [-0.4, -0.2) is 49.7 Å². The lowest BCUT2D eigenvalue weighted by atomic mass is 10.1. The van der Waals surface area contributed by atoms with E-state index in [-0.39, 0.29) is 11.9 Å². The molecular formula is C14H17NO4. The molecule has 102 valence electrons. The maximum atomic E-state index is 12.3. The average molecular weight is 263 g/mol. The van der Waals surface area contributed by atoms with Crippen molar-refractivity contribution in [1.82, 2.24) is 4.90 Å². The van der Waals surface area contributed by atoms with Crippen molar-refractivity contribution >= 4 is 11.9 Å². The lowest BCUT2D eigenvalue weighted by Gasteiger charge is -2.33. The monoisotopic (exact) mass is 263 g/mol. The largest absolute Gasteiger partial charge is 0.465 e. The van der Waals surface area contributed by atoms with E-state index in [0.29, 0.717) is 30.9 Å². The molecule has 1 heterocycles. The van der Waals surface area contributed by atoms with E-state index in [1.807, 2.05) is 6.92 Å². The molecule has 1 amide bonds. The second-order valence-electron chi connectivity index (χ2n) is 4.49. The number of amides is 1. The van der Waals surface area contributed by atoms with Crippen LogP contribution in [0.25, 0.3) is 0 Å². The van der Waals surface area contributed by atoms with E-state index >= 15 is 0 Å². The molecule has 1 saturated heterocycles. The summed E-state index contributed by atoms with van der Waals surface area (Å²) in [5, 5.41) is 0. The lowest BCUT2D eigenvalue weighted by molar-refractivity contribution is 0.00358. The number of nitrogens with zero attached hydrogens (tertiary/aromatic N) is 1. The number of carbonyl (C=O) groups is 2. The molecule has 0 radical (unpaired) electrons. The molecule has 1 aromatic rings. The number of carbonyl (C=O) groups excluding carboxylic acids is 2. The van der Waals surface area contributed by atoms with Crippen LogP contribution in [0.5, 0.6) is 0 Å². The second kappa shape index (κ2) is 5.84. The highest BCUT2D eigenvalue weighted by molar-refractivity contribution is 5.96. The Morgan fingerprint density at radius 3 is 2.47 bits per heavy atom. The van der Waals surface area contributed by atoms with Gasteiger partial charge in [0, 0.05) is 12.1 Å². The maximum Gasteiger partial charge on any atom is 0.337 e. The van der Waals surface area contributed by atoms with Gasteiger partial charge >= 0.3 is 5.97 Å². The third-order valence-corrected chi connectivity index (χ3v) is 3.18. The van der Waals surface area contributed by atoms with E-state index in [9.17, 15) is 9.59 Å². The van der Waals surface area contributed by atoms with Gasteiger partial charge in [-0.15, -0.1) is 0 Å². The minimum atomic E-state index is -0.404. The van der Waals surface area contributed by atoms with Gasteiger partial charge in [-0.05, 0) is 31.2 Å². The van der Waals surface area contributed by atoms with Crippen LogP contribution >= 0.6 is 0 Å². The molecule has 0 aliphatic carbocycles. The number of benzene rings is 1. The lowest BCUT2D eigenvalue weighted by Crippen LogP contribution is -2.47. The van der Waals surface area contributed by atoms with Gasteiger partial charge < -0.3 is 14.4 Å². The Kier molecular flexibility index (Phi) is 4.16. The summed E-state index contributed by atoms with van der Waals surface area (Å²) in [5.41, 5.74) is 1.01. The number of hydrogen-bond donors (Lipinski definition) is 0. The van der Waals surface area contributed by atoms with Crippen LogP contribution in [0.2, 0.25) is 0 Å². The summed E-state index contributed by atoms with van der Waals surface area (Å²) in [5.74, 6) is -0.439. The van der Waals surface area contributed by atoms with Crippen molar-refractivity contribution in [3.8, 4) is 0 Å². The normalized spacial score (nSPS) is 19.1. The minimum absolute atomic E-state index is 0.0350. The third kappa shape index (κ3) is 2.93. The van der Waals surface area contributed by atoms with Crippen LogP contribution in [-0.2, 0) is 9.47 Å². The zero-order valence-corrected chi connectivity index (χ0v) is 11.1. The summed E-state index contributed by atoms with van der Waals surface area (Å²) >= 11 is 0. The van der Waals surface area contributed by atoms with Gasteiger partial charge in [0.25, 0.3) is 5.91 Å². The SMILES string of the molecule is COC(=O)c1ccc(C(=O)N2CCOCC2C)cc1. The fourth-order valence-electron chi connectivity index (χ4n) is 2.06. The molecular weight excluding hydrogens is 246 g/mol. The minimum Gasteiger partial charge on any atom is -0.465 e. The molecule has 0 spiro atoms. The van der Waals surface area contributed by atoms with Crippen LogP contribution in [0.1, 0.15) is 27.6 Å². The van der Waals surface area contributed by atoms with Crippen LogP contribution in [0.3, 0.4) is 0 Å². The van der Waals surface area contributed by atoms with Gasteiger partial charge in [0.05, 0.1) is 31.9 Å². The average Bonchev–Trinajstić information content (AvgIpc) is 2.46. The van der Waals surface area contributed by atoms with E-state index < -0.39 is 5.97 Å². The van der Waals surface area contributed by atoms with Crippen molar-refractivity contribution in [2.24, 2.45) is 0 Å². The first kappa shape index (κ1) is 13.5. The predicted molar refractivity (Wildman–Crippen MR) is 69.1 cm³/mol. The van der Waals surface area contributed by atoms with E-state index in [4.69, 9.17) is 4.74 Å². The van der Waals surface area contributed by atoms with E-state index in [1.165, 1.54) is 7.11 Å². The van der Waals surface area contributed by atoms with Crippen molar-refractivity contribution in [2.45, 2.75) is 13.0 Å². The van der Waals surface area contributed by atoms with Gasteiger partial charge in [0.15, 0.2) is 0 Å². The van der Waals surface area contributed by atoms with Gasteiger partial charge in [0.1, 0.15) is 0 Å². The number of esters is 1. The standard InChI is InChI=1S/C14H17NO4/c1-10-9-19-8-7-15(10)13(16)11-3-5-12(6-4-11)14(17)18-2/h3-6,10H,7-9H2,1-2H3. The molecule has 1 unspecified atom stereocenters. The first-order valence-corrected chi connectivity index (χ1v) is 6.20. The third-order valence-electron chi connectivity index (χ3n) is 3.18. The first-order chi connectivity index (χ1) is 9.13. The maximum absolute atomic E-state index is 12.3. The fraction of sp³-hybridized carbons (Fsp3) is 0.429. The summed E-state index contributed by atoms with van der Waals surface area (Å²) in [7, 11) is 1.33. The summed E-state index contributed by atoms with van der Waals surface area (Å²) in [4.78, 5) is 25.4.